The van der Waals surface area contributed by atoms with Crippen molar-refractivity contribution in [1.82, 2.24) is 4.72 Å². The molecule has 0 radical (unpaired) electrons. The molecule has 0 bridgehead atoms. The molecule has 0 aliphatic heterocycles. The van der Waals surface area contributed by atoms with Gasteiger partial charge in [-0.05, 0) is 36.5 Å². The van der Waals surface area contributed by atoms with E-state index in [1.807, 2.05) is 4.72 Å². The first kappa shape index (κ1) is 16.5. The van der Waals surface area contributed by atoms with Crippen LogP contribution in [0.1, 0.15) is 37.0 Å². The molecule has 0 aromatic heterocycles. The Morgan fingerprint density at radius 3 is 2.41 bits per heavy atom. The van der Waals surface area contributed by atoms with Crippen molar-refractivity contribution in [3.8, 4) is 0 Å². The molecule has 6 nitrogen and oxygen atoms in total. The topological polar surface area (TPSA) is 92.3 Å². The van der Waals surface area contributed by atoms with Crippen molar-refractivity contribution in [2.75, 3.05) is 11.6 Å². The molecule has 2 amide bonds. The first-order chi connectivity index (χ1) is 10.1. The molecule has 0 spiro atoms. The van der Waals surface area contributed by atoms with Crippen LogP contribution in [-0.4, -0.2) is 26.5 Å². The second kappa shape index (κ2) is 5.72. The zero-order chi connectivity index (χ0) is 16.5. The maximum atomic E-state index is 12.1. The third-order valence-corrected chi connectivity index (χ3v) is 4.20. The van der Waals surface area contributed by atoms with E-state index in [1.165, 1.54) is 12.1 Å². The minimum Gasteiger partial charge on any atom is -0.326 e. The summed E-state index contributed by atoms with van der Waals surface area (Å²) in [5.74, 6) is -0.799. The van der Waals surface area contributed by atoms with E-state index in [0.29, 0.717) is 5.69 Å². The van der Waals surface area contributed by atoms with Crippen LogP contribution in [0, 0.1) is 11.3 Å². The maximum absolute atomic E-state index is 12.1. The van der Waals surface area contributed by atoms with Gasteiger partial charge in [0, 0.05) is 17.2 Å². The highest BCUT2D eigenvalue weighted by molar-refractivity contribution is 7.89. The predicted octanol–water partition coefficient (Wildman–Crippen LogP) is 1.75. The summed E-state index contributed by atoms with van der Waals surface area (Å²) in [6, 6.07) is 6.21. The molecule has 1 aromatic carbocycles. The Hall–Kier alpha value is -1.89. The molecule has 0 saturated heterocycles. The smallest absolute Gasteiger partial charge is 0.264 e. The Labute approximate surface area is 130 Å². The van der Waals surface area contributed by atoms with Gasteiger partial charge in [-0.1, -0.05) is 19.9 Å². The van der Waals surface area contributed by atoms with Crippen LogP contribution in [0.3, 0.4) is 0 Å². The Bertz CT molecular complexity index is 702. The van der Waals surface area contributed by atoms with E-state index in [1.54, 1.807) is 12.1 Å². The Morgan fingerprint density at radius 2 is 1.86 bits per heavy atom. The summed E-state index contributed by atoms with van der Waals surface area (Å²) in [7, 11) is -3.62. The monoisotopic (exact) mass is 324 g/mol. The molecular weight excluding hydrogens is 304 g/mol. The SMILES string of the molecule is CC1(C)CC(C(=O)Nc2cccc(C(=O)NS(C)(=O)=O)c2)C1. The van der Waals surface area contributed by atoms with Crippen LogP contribution in [0.15, 0.2) is 24.3 Å². The van der Waals surface area contributed by atoms with Gasteiger partial charge in [0.25, 0.3) is 5.91 Å². The van der Waals surface area contributed by atoms with Crippen LogP contribution < -0.4 is 10.0 Å². The van der Waals surface area contributed by atoms with Crippen LogP contribution in [0.5, 0.6) is 0 Å². The van der Waals surface area contributed by atoms with Crippen LogP contribution in [0.2, 0.25) is 0 Å². The number of benzene rings is 1. The van der Waals surface area contributed by atoms with E-state index in [4.69, 9.17) is 0 Å². The molecule has 2 rings (SSSR count). The molecule has 120 valence electrons. The molecule has 0 heterocycles. The largest absolute Gasteiger partial charge is 0.326 e. The minimum atomic E-state index is -3.62. The number of carbonyl (C=O) groups is 2. The van der Waals surface area contributed by atoms with Gasteiger partial charge in [0.15, 0.2) is 0 Å². The van der Waals surface area contributed by atoms with E-state index in [-0.39, 0.29) is 22.8 Å². The molecule has 0 atom stereocenters. The van der Waals surface area contributed by atoms with Gasteiger partial charge in [0.2, 0.25) is 15.9 Å². The number of sulfonamides is 1. The van der Waals surface area contributed by atoms with Crippen LogP contribution in [-0.2, 0) is 14.8 Å². The summed E-state index contributed by atoms with van der Waals surface area (Å²) >= 11 is 0. The van der Waals surface area contributed by atoms with Crippen LogP contribution >= 0.6 is 0 Å². The molecule has 1 aliphatic rings. The van der Waals surface area contributed by atoms with Crippen molar-refractivity contribution in [3.63, 3.8) is 0 Å². The van der Waals surface area contributed by atoms with Gasteiger partial charge in [-0.2, -0.15) is 0 Å². The number of amides is 2. The lowest BCUT2D eigenvalue weighted by Gasteiger charge is -2.41. The number of hydrogen-bond donors (Lipinski definition) is 2. The van der Waals surface area contributed by atoms with Gasteiger partial charge in [0.1, 0.15) is 0 Å². The normalized spacial score (nSPS) is 17.4. The lowest BCUT2D eigenvalue weighted by molar-refractivity contribution is -0.126. The van der Waals surface area contributed by atoms with E-state index < -0.39 is 15.9 Å². The van der Waals surface area contributed by atoms with Crippen molar-refractivity contribution < 1.29 is 18.0 Å². The van der Waals surface area contributed by atoms with Crippen molar-refractivity contribution in [1.29, 1.82) is 0 Å². The molecule has 1 aliphatic carbocycles. The number of nitrogens with one attached hydrogen (secondary N) is 2. The van der Waals surface area contributed by atoms with Crippen molar-refractivity contribution >= 4 is 27.5 Å². The molecule has 1 fully saturated rings. The number of hydrogen-bond acceptors (Lipinski definition) is 4. The predicted molar refractivity (Wildman–Crippen MR) is 83.9 cm³/mol. The fourth-order valence-electron chi connectivity index (χ4n) is 2.67. The van der Waals surface area contributed by atoms with Gasteiger partial charge >= 0.3 is 0 Å². The molecule has 0 unspecified atom stereocenters. The van der Waals surface area contributed by atoms with Crippen molar-refractivity contribution in [2.24, 2.45) is 11.3 Å². The average Bonchev–Trinajstić information content (AvgIpc) is 2.34. The fraction of sp³-hybridized carbons (Fsp3) is 0.467. The van der Waals surface area contributed by atoms with Gasteiger partial charge in [-0.25, -0.2) is 13.1 Å². The van der Waals surface area contributed by atoms with Crippen molar-refractivity contribution in [3.05, 3.63) is 29.8 Å². The lowest BCUT2D eigenvalue weighted by Crippen LogP contribution is -2.39. The first-order valence-corrected chi connectivity index (χ1v) is 8.88. The van der Waals surface area contributed by atoms with E-state index in [2.05, 4.69) is 19.2 Å². The van der Waals surface area contributed by atoms with Crippen LogP contribution in [0.4, 0.5) is 5.69 Å². The Kier molecular flexibility index (Phi) is 4.28. The third-order valence-electron chi connectivity index (χ3n) is 3.64. The molecule has 2 N–H and O–H groups in total. The molecule has 1 aromatic rings. The summed E-state index contributed by atoms with van der Waals surface area (Å²) in [6.45, 7) is 4.24. The molecule has 7 heteroatoms. The Balaban J connectivity index is 2.03. The maximum Gasteiger partial charge on any atom is 0.264 e. The first-order valence-electron chi connectivity index (χ1n) is 6.99. The van der Waals surface area contributed by atoms with Gasteiger partial charge < -0.3 is 5.32 Å². The van der Waals surface area contributed by atoms with E-state index in [0.717, 1.165) is 19.1 Å². The second-order valence-electron chi connectivity index (χ2n) is 6.54. The summed E-state index contributed by atoms with van der Waals surface area (Å²) in [5, 5.41) is 2.77. The number of rotatable bonds is 4. The average molecular weight is 324 g/mol. The lowest BCUT2D eigenvalue weighted by atomic mass is 9.64. The summed E-state index contributed by atoms with van der Waals surface area (Å²) < 4.78 is 24.0. The summed E-state index contributed by atoms with van der Waals surface area (Å²) in [6.07, 6.45) is 2.59. The summed E-state index contributed by atoms with van der Waals surface area (Å²) in [5.41, 5.74) is 0.868. The highest BCUT2D eigenvalue weighted by Gasteiger charge is 2.40. The number of anilines is 1. The molecular formula is C15H20N2O4S. The third kappa shape index (κ3) is 4.30. The van der Waals surface area contributed by atoms with Crippen LogP contribution in [0.25, 0.3) is 0 Å². The van der Waals surface area contributed by atoms with E-state index in [9.17, 15) is 18.0 Å². The Morgan fingerprint density at radius 1 is 1.23 bits per heavy atom. The fourth-order valence-corrected chi connectivity index (χ4v) is 3.12. The van der Waals surface area contributed by atoms with Crippen molar-refractivity contribution in [2.45, 2.75) is 26.7 Å². The van der Waals surface area contributed by atoms with Gasteiger partial charge in [-0.15, -0.1) is 0 Å². The van der Waals surface area contributed by atoms with E-state index >= 15 is 0 Å². The minimum absolute atomic E-state index is 0.0106. The summed E-state index contributed by atoms with van der Waals surface area (Å²) in [4.78, 5) is 23.9. The standard InChI is InChI=1S/C15H20N2O4S/c1-15(2)8-11(9-15)13(18)16-12-6-4-5-10(7-12)14(19)17-22(3,20)21/h4-7,11H,8-9H2,1-3H3,(H,16,18)(H,17,19). The quantitative estimate of drug-likeness (QED) is 0.882. The second-order valence-corrected chi connectivity index (χ2v) is 8.29. The molecule has 22 heavy (non-hydrogen) atoms. The number of carbonyl (C=O) groups excluding carboxylic acids is 2. The highest BCUT2D eigenvalue weighted by Crippen LogP contribution is 2.45. The highest BCUT2D eigenvalue weighted by atomic mass is 32.2. The molecule has 1 saturated carbocycles. The zero-order valence-electron chi connectivity index (χ0n) is 12.8. The van der Waals surface area contributed by atoms with Gasteiger partial charge in [-0.3, -0.25) is 9.59 Å². The van der Waals surface area contributed by atoms with Gasteiger partial charge in [0.05, 0.1) is 6.26 Å². The zero-order valence-corrected chi connectivity index (χ0v) is 13.7.